The van der Waals surface area contributed by atoms with Gasteiger partial charge in [0.1, 0.15) is 0 Å². The Bertz CT molecular complexity index is 1120. The molecule has 0 radical (unpaired) electrons. The van der Waals surface area contributed by atoms with Crippen LogP contribution in [0.25, 0.3) is 17.1 Å². The van der Waals surface area contributed by atoms with Gasteiger partial charge in [-0.1, -0.05) is 105 Å². The third kappa shape index (κ3) is 4.49. The summed E-state index contributed by atoms with van der Waals surface area (Å²) in [4.78, 5) is 0. The highest BCUT2D eigenvalue weighted by molar-refractivity contribution is 7.98. The standard InChI is InChI=1S/C26H27N3S/c1-19-9-8-10-20(17-19)18-30-25-28-27-24(29(25)23-11-6-5-7-12-23)21-13-15-22(16-14-21)26(2,3)4/h5-17H,18H2,1-4H3. The maximum atomic E-state index is 4.58. The first-order valence-corrected chi connectivity index (χ1v) is 11.2. The molecule has 1 heterocycles. The Balaban J connectivity index is 1.71. The average Bonchev–Trinajstić information content (AvgIpc) is 3.16. The second-order valence-corrected chi connectivity index (χ2v) is 9.52. The van der Waals surface area contributed by atoms with E-state index >= 15 is 0 Å². The Kier molecular flexibility index (Phi) is 5.78. The number of hydrogen-bond donors (Lipinski definition) is 0. The Morgan fingerprint density at radius 2 is 1.57 bits per heavy atom. The topological polar surface area (TPSA) is 30.7 Å². The molecule has 3 nitrogen and oxygen atoms in total. The smallest absolute Gasteiger partial charge is 0.196 e. The van der Waals surface area contributed by atoms with Crippen molar-refractivity contribution in [1.82, 2.24) is 14.8 Å². The van der Waals surface area contributed by atoms with E-state index in [9.17, 15) is 0 Å². The van der Waals surface area contributed by atoms with E-state index < -0.39 is 0 Å². The Morgan fingerprint density at radius 1 is 0.833 bits per heavy atom. The van der Waals surface area contributed by atoms with Gasteiger partial charge < -0.3 is 0 Å². The molecule has 1 aromatic heterocycles. The predicted molar refractivity (Wildman–Crippen MR) is 126 cm³/mol. The van der Waals surface area contributed by atoms with Gasteiger partial charge in [0.15, 0.2) is 11.0 Å². The molecule has 0 amide bonds. The first-order chi connectivity index (χ1) is 14.4. The van der Waals surface area contributed by atoms with Crippen LogP contribution in [-0.2, 0) is 11.2 Å². The maximum absolute atomic E-state index is 4.58. The van der Waals surface area contributed by atoms with Crippen molar-refractivity contribution in [3.05, 3.63) is 95.6 Å². The zero-order chi connectivity index (χ0) is 21.1. The quantitative estimate of drug-likeness (QED) is 0.336. The largest absolute Gasteiger partial charge is 0.270 e. The summed E-state index contributed by atoms with van der Waals surface area (Å²) in [5.74, 6) is 1.73. The molecule has 0 atom stereocenters. The molecule has 3 aromatic carbocycles. The van der Waals surface area contributed by atoms with Gasteiger partial charge in [-0.3, -0.25) is 4.57 Å². The van der Waals surface area contributed by atoms with Gasteiger partial charge in [0.25, 0.3) is 0 Å². The summed E-state index contributed by atoms with van der Waals surface area (Å²) in [6, 6.07) is 27.7. The van der Waals surface area contributed by atoms with E-state index in [1.165, 1.54) is 16.7 Å². The fourth-order valence-corrected chi connectivity index (χ4v) is 4.32. The second-order valence-electron chi connectivity index (χ2n) is 8.58. The van der Waals surface area contributed by atoms with Crippen LogP contribution < -0.4 is 0 Å². The first kappa shape index (κ1) is 20.4. The number of hydrogen-bond acceptors (Lipinski definition) is 3. The lowest BCUT2D eigenvalue weighted by Crippen LogP contribution is -2.10. The molecule has 0 saturated carbocycles. The van der Waals surface area contributed by atoms with Gasteiger partial charge in [-0.15, -0.1) is 10.2 Å². The molecule has 0 fully saturated rings. The molecule has 4 rings (SSSR count). The molecule has 0 aliphatic carbocycles. The number of aromatic nitrogens is 3. The van der Waals surface area contributed by atoms with E-state index in [2.05, 4.69) is 115 Å². The van der Waals surface area contributed by atoms with Crippen LogP contribution in [0.5, 0.6) is 0 Å². The van der Waals surface area contributed by atoms with Crippen molar-refractivity contribution in [3.8, 4) is 17.1 Å². The van der Waals surface area contributed by atoms with E-state index in [0.29, 0.717) is 0 Å². The number of para-hydroxylation sites is 1. The van der Waals surface area contributed by atoms with E-state index in [4.69, 9.17) is 0 Å². The molecule has 0 aliphatic rings. The lowest BCUT2D eigenvalue weighted by atomic mass is 9.87. The van der Waals surface area contributed by atoms with Crippen LogP contribution in [0.3, 0.4) is 0 Å². The predicted octanol–water partition coefficient (Wildman–Crippen LogP) is 6.83. The summed E-state index contributed by atoms with van der Waals surface area (Å²) in [5.41, 5.74) is 6.15. The summed E-state index contributed by atoms with van der Waals surface area (Å²) in [7, 11) is 0. The molecule has 0 unspecified atom stereocenters. The van der Waals surface area contributed by atoms with Crippen LogP contribution in [-0.4, -0.2) is 14.8 Å². The molecular weight excluding hydrogens is 386 g/mol. The number of thioether (sulfide) groups is 1. The fourth-order valence-electron chi connectivity index (χ4n) is 3.43. The summed E-state index contributed by atoms with van der Waals surface area (Å²) < 4.78 is 2.16. The summed E-state index contributed by atoms with van der Waals surface area (Å²) in [6.07, 6.45) is 0. The van der Waals surface area contributed by atoms with Gasteiger partial charge in [-0.25, -0.2) is 0 Å². The maximum Gasteiger partial charge on any atom is 0.196 e. The third-order valence-corrected chi connectivity index (χ3v) is 6.11. The second kappa shape index (κ2) is 8.49. The van der Waals surface area contributed by atoms with Gasteiger partial charge in [0.05, 0.1) is 0 Å². The molecule has 4 heteroatoms. The van der Waals surface area contributed by atoms with Crippen LogP contribution in [0.15, 0.2) is 84.0 Å². The summed E-state index contributed by atoms with van der Waals surface area (Å²) in [5, 5.41) is 10.0. The highest BCUT2D eigenvalue weighted by Gasteiger charge is 2.18. The minimum absolute atomic E-state index is 0.125. The number of benzene rings is 3. The molecule has 4 aromatic rings. The Labute approximate surface area is 183 Å². The van der Waals surface area contributed by atoms with Gasteiger partial charge >= 0.3 is 0 Å². The molecular formula is C26H27N3S. The zero-order valence-corrected chi connectivity index (χ0v) is 18.8. The number of nitrogens with zero attached hydrogens (tertiary/aromatic N) is 3. The molecule has 0 aliphatic heterocycles. The lowest BCUT2D eigenvalue weighted by molar-refractivity contribution is 0.590. The van der Waals surface area contributed by atoms with Crippen LogP contribution in [0.2, 0.25) is 0 Å². The molecule has 0 N–H and O–H groups in total. The van der Waals surface area contributed by atoms with E-state index in [1.54, 1.807) is 11.8 Å². The zero-order valence-electron chi connectivity index (χ0n) is 18.0. The van der Waals surface area contributed by atoms with E-state index in [0.717, 1.165) is 28.0 Å². The normalized spacial score (nSPS) is 11.6. The van der Waals surface area contributed by atoms with Gasteiger partial charge in [-0.05, 0) is 35.6 Å². The molecule has 30 heavy (non-hydrogen) atoms. The average molecular weight is 414 g/mol. The van der Waals surface area contributed by atoms with E-state index in [-0.39, 0.29) is 5.41 Å². The van der Waals surface area contributed by atoms with Crippen LogP contribution in [0, 0.1) is 6.92 Å². The summed E-state index contributed by atoms with van der Waals surface area (Å²) >= 11 is 1.72. The monoisotopic (exact) mass is 413 g/mol. The van der Waals surface area contributed by atoms with Crippen molar-refractivity contribution in [2.24, 2.45) is 0 Å². The van der Waals surface area contributed by atoms with Crippen molar-refractivity contribution >= 4 is 11.8 Å². The van der Waals surface area contributed by atoms with Gasteiger partial charge in [0.2, 0.25) is 0 Å². The Morgan fingerprint density at radius 3 is 2.23 bits per heavy atom. The van der Waals surface area contributed by atoms with Gasteiger partial charge in [0, 0.05) is 17.0 Å². The van der Waals surface area contributed by atoms with E-state index in [1.807, 2.05) is 6.07 Å². The third-order valence-electron chi connectivity index (χ3n) is 5.11. The van der Waals surface area contributed by atoms with Crippen LogP contribution >= 0.6 is 11.8 Å². The highest BCUT2D eigenvalue weighted by Crippen LogP contribution is 2.31. The minimum atomic E-state index is 0.125. The molecule has 152 valence electrons. The molecule has 0 spiro atoms. The SMILES string of the molecule is Cc1cccc(CSc2nnc(-c3ccc(C(C)(C)C)cc3)n2-c2ccccc2)c1. The number of aryl methyl sites for hydroxylation is 1. The molecule has 0 saturated heterocycles. The Hall–Kier alpha value is -2.85. The minimum Gasteiger partial charge on any atom is -0.270 e. The van der Waals surface area contributed by atoms with Crippen LogP contribution in [0.1, 0.15) is 37.5 Å². The van der Waals surface area contributed by atoms with Crippen molar-refractivity contribution in [1.29, 1.82) is 0 Å². The van der Waals surface area contributed by atoms with Crippen molar-refractivity contribution in [2.75, 3.05) is 0 Å². The first-order valence-electron chi connectivity index (χ1n) is 10.2. The summed E-state index contributed by atoms with van der Waals surface area (Å²) in [6.45, 7) is 8.82. The number of rotatable bonds is 5. The van der Waals surface area contributed by atoms with Crippen molar-refractivity contribution in [3.63, 3.8) is 0 Å². The van der Waals surface area contributed by atoms with Crippen molar-refractivity contribution < 1.29 is 0 Å². The fraction of sp³-hybridized carbons (Fsp3) is 0.231. The molecule has 0 bridgehead atoms. The van der Waals surface area contributed by atoms with Gasteiger partial charge in [-0.2, -0.15) is 0 Å². The lowest BCUT2D eigenvalue weighted by Gasteiger charge is -2.19. The highest BCUT2D eigenvalue weighted by atomic mass is 32.2. The van der Waals surface area contributed by atoms with Crippen LogP contribution in [0.4, 0.5) is 0 Å². The van der Waals surface area contributed by atoms with Crippen molar-refractivity contribution in [2.45, 2.75) is 44.0 Å².